The molecule has 0 unspecified atom stereocenters. The highest BCUT2D eigenvalue weighted by Crippen LogP contribution is 2.38. The second-order valence-corrected chi connectivity index (χ2v) is 10.8. The first-order chi connectivity index (χ1) is 21.1. The lowest BCUT2D eigenvalue weighted by Crippen LogP contribution is -1.95. The van der Waals surface area contributed by atoms with Gasteiger partial charge in [-0.2, -0.15) is 5.26 Å². The maximum absolute atomic E-state index is 9.57. The molecule has 7 rings (SSSR count). The van der Waals surface area contributed by atoms with Gasteiger partial charge in [-0.15, -0.1) is 0 Å². The SMILES string of the molecule is Cc1ccccc1-c1ccccc1Nc1ccc2oc3ccc(Nc4ccc(C#N)cc4-c4ccccc4C)cc3c2c1. The number of nitrogens with zero attached hydrogens (tertiary/aromatic N) is 1. The predicted octanol–water partition coefficient (Wildman–Crippen LogP) is 10.9. The van der Waals surface area contributed by atoms with Gasteiger partial charge in [0.1, 0.15) is 11.2 Å². The van der Waals surface area contributed by atoms with Crippen LogP contribution in [0.5, 0.6) is 0 Å². The summed E-state index contributed by atoms with van der Waals surface area (Å²) < 4.78 is 6.22. The highest BCUT2D eigenvalue weighted by Gasteiger charge is 2.13. The number of nitrogens with one attached hydrogen (secondary N) is 2. The summed E-state index contributed by atoms with van der Waals surface area (Å²) in [6.45, 7) is 4.23. The van der Waals surface area contributed by atoms with E-state index >= 15 is 0 Å². The number of hydrogen-bond donors (Lipinski definition) is 2. The van der Waals surface area contributed by atoms with Crippen molar-refractivity contribution in [2.75, 3.05) is 10.6 Å². The fraction of sp³-hybridized carbons (Fsp3) is 0.0513. The Morgan fingerprint density at radius 3 is 1.60 bits per heavy atom. The first-order valence-electron chi connectivity index (χ1n) is 14.3. The standard InChI is InChI=1S/C39H29N3O/c1-25-9-3-5-11-30(25)32-13-7-8-14-36(32)41-28-16-19-38-34(22-28)35-23-29(17-20-39(35)43-38)42-37-18-15-27(24-40)21-33(37)31-12-6-4-10-26(31)2/h3-23,41-42H,1-2H3. The maximum atomic E-state index is 9.57. The second-order valence-electron chi connectivity index (χ2n) is 10.8. The first-order valence-corrected chi connectivity index (χ1v) is 14.3. The molecular formula is C39H29N3O. The number of anilines is 4. The molecule has 206 valence electrons. The van der Waals surface area contributed by atoms with E-state index < -0.39 is 0 Å². The summed E-state index contributed by atoms with van der Waals surface area (Å²) in [5, 5.41) is 18.9. The third kappa shape index (κ3) is 4.98. The molecule has 0 fully saturated rings. The molecule has 0 saturated heterocycles. The predicted molar refractivity (Wildman–Crippen MR) is 178 cm³/mol. The molecule has 2 N–H and O–H groups in total. The molecule has 1 heterocycles. The molecule has 4 nitrogen and oxygen atoms in total. The number of hydrogen-bond acceptors (Lipinski definition) is 4. The molecule has 0 radical (unpaired) electrons. The zero-order chi connectivity index (χ0) is 29.3. The van der Waals surface area contributed by atoms with Crippen LogP contribution in [-0.2, 0) is 0 Å². The van der Waals surface area contributed by atoms with Crippen LogP contribution >= 0.6 is 0 Å². The summed E-state index contributed by atoms with van der Waals surface area (Å²) in [4.78, 5) is 0. The van der Waals surface area contributed by atoms with E-state index in [1.54, 1.807) is 0 Å². The molecule has 0 aliphatic heterocycles. The summed E-state index contributed by atoms with van der Waals surface area (Å²) in [6, 6.07) is 45.6. The molecule has 0 bridgehead atoms. The van der Waals surface area contributed by atoms with Crippen molar-refractivity contribution in [3.8, 4) is 28.3 Å². The number of rotatable bonds is 6. The zero-order valence-corrected chi connectivity index (χ0v) is 24.0. The monoisotopic (exact) mass is 555 g/mol. The lowest BCUT2D eigenvalue weighted by molar-refractivity contribution is 0.669. The molecule has 0 saturated carbocycles. The number of nitriles is 1. The van der Waals surface area contributed by atoms with Crippen LogP contribution in [0.15, 0.2) is 132 Å². The quantitative estimate of drug-likeness (QED) is 0.214. The molecule has 43 heavy (non-hydrogen) atoms. The van der Waals surface area contributed by atoms with Crippen molar-refractivity contribution >= 4 is 44.7 Å². The highest BCUT2D eigenvalue weighted by atomic mass is 16.3. The third-order valence-electron chi connectivity index (χ3n) is 7.97. The molecule has 4 heteroatoms. The molecule has 0 spiro atoms. The van der Waals surface area contributed by atoms with Crippen LogP contribution in [0.3, 0.4) is 0 Å². The zero-order valence-electron chi connectivity index (χ0n) is 24.0. The molecule has 0 aliphatic rings. The van der Waals surface area contributed by atoms with E-state index in [-0.39, 0.29) is 0 Å². The van der Waals surface area contributed by atoms with E-state index in [4.69, 9.17) is 4.42 Å². The number of furan rings is 1. The van der Waals surface area contributed by atoms with Gasteiger partial charge in [0.25, 0.3) is 0 Å². The van der Waals surface area contributed by atoms with E-state index in [9.17, 15) is 5.26 Å². The van der Waals surface area contributed by atoms with Crippen LogP contribution in [0.25, 0.3) is 44.2 Å². The smallest absolute Gasteiger partial charge is 0.135 e. The Hall–Kier alpha value is -5.79. The third-order valence-corrected chi connectivity index (χ3v) is 7.97. The van der Waals surface area contributed by atoms with Gasteiger partial charge in [-0.25, -0.2) is 0 Å². The molecule has 6 aromatic carbocycles. The van der Waals surface area contributed by atoms with Gasteiger partial charge in [0.15, 0.2) is 0 Å². The summed E-state index contributed by atoms with van der Waals surface area (Å²) >= 11 is 0. The molecule has 0 aliphatic carbocycles. The Morgan fingerprint density at radius 2 is 1.02 bits per heavy atom. The number of benzene rings is 6. The topological polar surface area (TPSA) is 61.0 Å². The number of fused-ring (bicyclic) bond motifs is 3. The van der Waals surface area contributed by atoms with Crippen molar-refractivity contribution in [1.29, 1.82) is 5.26 Å². The van der Waals surface area contributed by atoms with Gasteiger partial charge in [0, 0.05) is 44.6 Å². The van der Waals surface area contributed by atoms with E-state index in [1.165, 1.54) is 11.1 Å². The maximum Gasteiger partial charge on any atom is 0.135 e. The van der Waals surface area contributed by atoms with E-state index in [1.807, 2.05) is 48.5 Å². The minimum atomic E-state index is 0.629. The Kier molecular flexibility index (Phi) is 6.62. The second kappa shape index (κ2) is 10.9. The summed E-state index contributed by atoms with van der Waals surface area (Å²) in [5.74, 6) is 0. The van der Waals surface area contributed by atoms with Gasteiger partial charge < -0.3 is 15.1 Å². The fourth-order valence-corrected chi connectivity index (χ4v) is 5.77. The Morgan fingerprint density at radius 1 is 0.512 bits per heavy atom. The normalized spacial score (nSPS) is 11.0. The highest BCUT2D eigenvalue weighted by molar-refractivity contribution is 6.07. The van der Waals surface area contributed by atoms with Gasteiger partial charge in [-0.1, -0.05) is 66.7 Å². The van der Waals surface area contributed by atoms with Gasteiger partial charge >= 0.3 is 0 Å². The van der Waals surface area contributed by atoms with Crippen molar-refractivity contribution in [2.24, 2.45) is 0 Å². The van der Waals surface area contributed by atoms with Crippen LogP contribution in [0.1, 0.15) is 16.7 Å². The van der Waals surface area contributed by atoms with Crippen LogP contribution in [0.4, 0.5) is 22.7 Å². The van der Waals surface area contributed by atoms with E-state index in [2.05, 4.69) is 109 Å². The van der Waals surface area contributed by atoms with Crippen molar-refractivity contribution in [2.45, 2.75) is 13.8 Å². The van der Waals surface area contributed by atoms with Crippen molar-refractivity contribution in [1.82, 2.24) is 0 Å². The van der Waals surface area contributed by atoms with Crippen molar-refractivity contribution in [3.63, 3.8) is 0 Å². The summed E-state index contributed by atoms with van der Waals surface area (Å²) in [5.41, 5.74) is 13.1. The fourth-order valence-electron chi connectivity index (χ4n) is 5.77. The lowest BCUT2D eigenvalue weighted by atomic mass is 9.97. The molecule has 7 aromatic rings. The van der Waals surface area contributed by atoms with Crippen LogP contribution in [-0.4, -0.2) is 0 Å². The van der Waals surface area contributed by atoms with Gasteiger partial charge in [0.05, 0.1) is 11.6 Å². The molecule has 0 atom stereocenters. The lowest BCUT2D eigenvalue weighted by Gasteiger charge is -2.15. The van der Waals surface area contributed by atoms with Crippen LogP contribution < -0.4 is 10.6 Å². The Balaban J connectivity index is 1.26. The molecular weight excluding hydrogens is 526 g/mol. The average molecular weight is 556 g/mol. The van der Waals surface area contributed by atoms with Crippen LogP contribution in [0.2, 0.25) is 0 Å². The van der Waals surface area contributed by atoms with Gasteiger partial charge in [-0.3, -0.25) is 0 Å². The van der Waals surface area contributed by atoms with Crippen molar-refractivity contribution in [3.05, 3.63) is 144 Å². The Bertz CT molecular complexity index is 2180. The summed E-state index contributed by atoms with van der Waals surface area (Å²) in [6.07, 6.45) is 0. The van der Waals surface area contributed by atoms with Gasteiger partial charge in [-0.05, 0) is 96.8 Å². The number of aryl methyl sites for hydroxylation is 2. The molecule has 1 aromatic heterocycles. The number of para-hydroxylation sites is 1. The minimum Gasteiger partial charge on any atom is -0.456 e. The van der Waals surface area contributed by atoms with E-state index in [0.717, 1.165) is 66.9 Å². The first kappa shape index (κ1) is 26.1. The minimum absolute atomic E-state index is 0.629. The van der Waals surface area contributed by atoms with Gasteiger partial charge in [0.2, 0.25) is 0 Å². The largest absolute Gasteiger partial charge is 0.456 e. The average Bonchev–Trinajstić information content (AvgIpc) is 3.39. The summed E-state index contributed by atoms with van der Waals surface area (Å²) in [7, 11) is 0. The van der Waals surface area contributed by atoms with Crippen molar-refractivity contribution < 1.29 is 4.42 Å². The molecule has 0 amide bonds. The Labute approximate surface area is 250 Å². The van der Waals surface area contributed by atoms with Crippen LogP contribution in [0, 0.1) is 25.2 Å². The van der Waals surface area contributed by atoms with E-state index in [0.29, 0.717) is 5.56 Å².